The molecule has 0 unspecified atom stereocenters. The van der Waals surface area contributed by atoms with Crippen LogP contribution in [0, 0.1) is 0 Å². The van der Waals surface area contributed by atoms with Gasteiger partial charge in [-0.3, -0.25) is 9.59 Å². The fourth-order valence-corrected chi connectivity index (χ4v) is 1.98. The average molecular weight is 330 g/mol. The molecule has 21 heavy (non-hydrogen) atoms. The largest absolute Gasteiger partial charge is 0.468 e. The van der Waals surface area contributed by atoms with Crippen molar-refractivity contribution in [1.82, 2.24) is 4.90 Å². The second-order valence-electron chi connectivity index (χ2n) is 4.64. The molecule has 6 heteroatoms. The maximum absolute atomic E-state index is 12.2. The highest BCUT2D eigenvalue weighted by atomic mass is 35.5. The van der Waals surface area contributed by atoms with Gasteiger partial charge in [0, 0.05) is 22.2 Å². The number of hydrogen-bond donors (Lipinski definition) is 0. The molecule has 1 aromatic carbocycles. The molecular formula is C15H17Cl2NO3. The Balaban J connectivity index is 2.88. The summed E-state index contributed by atoms with van der Waals surface area (Å²) in [5.41, 5.74) is 0.638. The van der Waals surface area contributed by atoms with Crippen molar-refractivity contribution in [1.29, 1.82) is 0 Å². The quantitative estimate of drug-likeness (QED) is 0.614. The summed E-state index contributed by atoms with van der Waals surface area (Å²) in [5.74, 6) is -0.766. The number of ether oxygens (including phenoxy) is 1. The molecule has 0 heterocycles. The number of methoxy groups -OCH3 is 1. The molecule has 0 atom stereocenters. The van der Waals surface area contributed by atoms with E-state index in [4.69, 9.17) is 23.2 Å². The molecule has 0 bridgehead atoms. The van der Waals surface area contributed by atoms with E-state index in [-0.39, 0.29) is 18.5 Å². The Kier molecular flexibility index (Phi) is 6.72. The Bertz CT molecular complexity index is 556. The molecule has 1 amide bonds. The molecule has 0 aliphatic carbocycles. The number of hydrogen-bond acceptors (Lipinski definition) is 3. The molecule has 0 aliphatic heterocycles. The predicted molar refractivity (Wildman–Crippen MR) is 84.4 cm³/mol. The number of nitrogens with zero attached hydrogens (tertiary/aromatic N) is 1. The number of carbonyl (C=O) groups excluding carboxylic acids is 2. The number of amides is 1. The van der Waals surface area contributed by atoms with Crippen molar-refractivity contribution in [2.24, 2.45) is 0 Å². The third-order valence-electron chi connectivity index (χ3n) is 2.80. The molecule has 0 saturated heterocycles. The summed E-state index contributed by atoms with van der Waals surface area (Å²) in [5, 5.41) is 1.02. The lowest BCUT2D eigenvalue weighted by atomic mass is 10.2. The maximum atomic E-state index is 12.2. The van der Waals surface area contributed by atoms with Crippen LogP contribution in [0.4, 0.5) is 0 Å². The van der Waals surface area contributed by atoms with E-state index in [1.165, 1.54) is 18.1 Å². The summed E-state index contributed by atoms with van der Waals surface area (Å²) >= 11 is 11.9. The molecular weight excluding hydrogens is 313 g/mol. The van der Waals surface area contributed by atoms with Gasteiger partial charge in [0.2, 0.25) is 5.91 Å². The molecule has 0 aromatic heterocycles. The first-order valence-electron chi connectivity index (χ1n) is 6.35. The highest BCUT2D eigenvalue weighted by Crippen LogP contribution is 2.21. The van der Waals surface area contributed by atoms with Gasteiger partial charge < -0.3 is 9.64 Å². The molecule has 0 N–H and O–H groups in total. The van der Waals surface area contributed by atoms with Crippen LogP contribution in [-0.4, -0.2) is 36.5 Å². The first kappa shape index (κ1) is 17.5. The highest BCUT2D eigenvalue weighted by molar-refractivity contribution is 6.34. The Morgan fingerprint density at radius 3 is 2.57 bits per heavy atom. The van der Waals surface area contributed by atoms with Crippen LogP contribution in [0.15, 0.2) is 24.3 Å². The summed E-state index contributed by atoms with van der Waals surface area (Å²) in [6, 6.07) is 4.85. The van der Waals surface area contributed by atoms with E-state index in [0.717, 1.165) is 0 Å². The van der Waals surface area contributed by atoms with Gasteiger partial charge >= 0.3 is 5.97 Å². The molecule has 114 valence electrons. The van der Waals surface area contributed by atoms with Gasteiger partial charge in [0.15, 0.2) is 0 Å². The number of halogens is 2. The normalized spacial score (nSPS) is 11.0. The second kappa shape index (κ2) is 8.05. The monoisotopic (exact) mass is 329 g/mol. The molecule has 0 aliphatic rings. The van der Waals surface area contributed by atoms with E-state index >= 15 is 0 Å². The van der Waals surface area contributed by atoms with Crippen LogP contribution in [0.5, 0.6) is 0 Å². The minimum Gasteiger partial charge on any atom is -0.468 e. The van der Waals surface area contributed by atoms with Crippen molar-refractivity contribution < 1.29 is 14.3 Å². The van der Waals surface area contributed by atoms with Gasteiger partial charge in [0.1, 0.15) is 6.54 Å². The van der Waals surface area contributed by atoms with Crippen molar-refractivity contribution in [3.8, 4) is 0 Å². The lowest BCUT2D eigenvalue weighted by Crippen LogP contribution is -2.40. The van der Waals surface area contributed by atoms with Crippen LogP contribution in [-0.2, 0) is 14.3 Å². The zero-order valence-electron chi connectivity index (χ0n) is 12.1. The Morgan fingerprint density at radius 1 is 1.33 bits per heavy atom. The maximum Gasteiger partial charge on any atom is 0.325 e. The molecule has 0 radical (unpaired) electrons. The van der Waals surface area contributed by atoms with Gasteiger partial charge in [-0.1, -0.05) is 23.2 Å². The van der Waals surface area contributed by atoms with Gasteiger partial charge in [-0.25, -0.2) is 0 Å². The summed E-state index contributed by atoms with van der Waals surface area (Å²) in [7, 11) is 1.28. The summed E-state index contributed by atoms with van der Waals surface area (Å²) in [4.78, 5) is 24.9. The average Bonchev–Trinajstić information content (AvgIpc) is 2.44. The van der Waals surface area contributed by atoms with Crippen LogP contribution < -0.4 is 0 Å². The Labute approximate surface area is 134 Å². The fraction of sp³-hybridized carbons (Fsp3) is 0.333. The smallest absolute Gasteiger partial charge is 0.325 e. The van der Waals surface area contributed by atoms with Crippen molar-refractivity contribution >= 4 is 41.2 Å². The Hall–Kier alpha value is -1.52. The van der Waals surface area contributed by atoms with E-state index < -0.39 is 5.97 Å². The van der Waals surface area contributed by atoms with Crippen molar-refractivity contribution in [2.45, 2.75) is 19.9 Å². The molecule has 4 nitrogen and oxygen atoms in total. The van der Waals surface area contributed by atoms with Gasteiger partial charge in [-0.2, -0.15) is 0 Å². The lowest BCUT2D eigenvalue weighted by molar-refractivity contribution is -0.146. The predicted octanol–water partition coefficient (Wildman–Crippen LogP) is 3.42. The fourth-order valence-electron chi connectivity index (χ4n) is 1.62. The van der Waals surface area contributed by atoms with E-state index in [2.05, 4.69) is 4.74 Å². The topological polar surface area (TPSA) is 46.6 Å². The van der Waals surface area contributed by atoms with Crippen LogP contribution in [0.1, 0.15) is 19.4 Å². The SMILES string of the molecule is COC(=O)CN(C(=O)C=Cc1cc(Cl)ccc1Cl)C(C)C. The molecule has 0 saturated carbocycles. The van der Waals surface area contributed by atoms with E-state index in [0.29, 0.717) is 15.6 Å². The van der Waals surface area contributed by atoms with Gasteiger partial charge in [-0.05, 0) is 43.7 Å². The van der Waals surface area contributed by atoms with Gasteiger partial charge in [0.25, 0.3) is 0 Å². The molecule has 0 fully saturated rings. The van der Waals surface area contributed by atoms with Crippen molar-refractivity contribution in [3.63, 3.8) is 0 Å². The molecule has 1 rings (SSSR count). The number of carbonyl (C=O) groups is 2. The van der Waals surface area contributed by atoms with E-state index in [1.54, 1.807) is 24.3 Å². The molecule has 0 spiro atoms. The standard InChI is InChI=1S/C15H17Cl2NO3/c1-10(2)18(9-15(20)21-3)14(19)7-4-11-8-12(16)5-6-13(11)17/h4-8,10H,9H2,1-3H3. The summed E-state index contributed by atoms with van der Waals surface area (Å²) < 4.78 is 4.58. The number of benzene rings is 1. The third-order valence-corrected chi connectivity index (χ3v) is 3.38. The summed E-state index contributed by atoms with van der Waals surface area (Å²) in [6.07, 6.45) is 2.93. The van der Waals surface area contributed by atoms with Crippen molar-refractivity contribution in [2.75, 3.05) is 13.7 Å². The highest BCUT2D eigenvalue weighted by Gasteiger charge is 2.18. The lowest BCUT2D eigenvalue weighted by Gasteiger charge is -2.24. The van der Waals surface area contributed by atoms with Gasteiger partial charge in [0.05, 0.1) is 7.11 Å². The van der Waals surface area contributed by atoms with Gasteiger partial charge in [-0.15, -0.1) is 0 Å². The van der Waals surface area contributed by atoms with E-state index in [1.807, 2.05) is 13.8 Å². The first-order chi connectivity index (χ1) is 9.85. The minimum absolute atomic E-state index is 0.0966. The number of esters is 1. The summed E-state index contributed by atoms with van der Waals surface area (Å²) in [6.45, 7) is 3.54. The van der Waals surface area contributed by atoms with Crippen LogP contribution >= 0.6 is 23.2 Å². The van der Waals surface area contributed by atoms with Crippen LogP contribution in [0.3, 0.4) is 0 Å². The first-order valence-corrected chi connectivity index (χ1v) is 7.11. The van der Waals surface area contributed by atoms with Crippen LogP contribution in [0.2, 0.25) is 10.0 Å². The van der Waals surface area contributed by atoms with E-state index in [9.17, 15) is 9.59 Å². The minimum atomic E-state index is -0.466. The zero-order valence-corrected chi connectivity index (χ0v) is 13.6. The number of rotatable bonds is 5. The molecule has 1 aromatic rings. The Morgan fingerprint density at radius 2 is 2.00 bits per heavy atom. The van der Waals surface area contributed by atoms with Crippen molar-refractivity contribution in [3.05, 3.63) is 39.9 Å². The van der Waals surface area contributed by atoms with Crippen LogP contribution in [0.25, 0.3) is 6.08 Å². The second-order valence-corrected chi connectivity index (χ2v) is 5.48. The third kappa shape index (κ3) is 5.40. The zero-order chi connectivity index (χ0) is 16.0.